The van der Waals surface area contributed by atoms with Crippen LogP contribution in [0.25, 0.3) is 0 Å². The van der Waals surface area contributed by atoms with E-state index in [1.807, 2.05) is 23.1 Å². The van der Waals surface area contributed by atoms with Gasteiger partial charge in [0.05, 0.1) is 37.7 Å². The number of nitrogens with zero attached hydrogens (tertiary/aromatic N) is 2. The first kappa shape index (κ1) is 17.7. The van der Waals surface area contributed by atoms with E-state index in [2.05, 4.69) is 11.9 Å². The van der Waals surface area contributed by atoms with Crippen LogP contribution in [-0.4, -0.2) is 74.3 Å². The highest BCUT2D eigenvalue weighted by molar-refractivity contribution is 6.06. The Labute approximate surface area is 175 Å². The molecule has 6 aliphatic rings. The first-order valence-corrected chi connectivity index (χ1v) is 11.0. The van der Waals surface area contributed by atoms with Crippen LogP contribution >= 0.6 is 0 Å². The number of carbonyl (C=O) groups is 2. The van der Waals surface area contributed by atoms with E-state index < -0.39 is 5.41 Å². The van der Waals surface area contributed by atoms with Gasteiger partial charge in [0.15, 0.2) is 0 Å². The van der Waals surface area contributed by atoms with Gasteiger partial charge in [-0.05, 0) is 43.8 Å². The van der Waals surface area contributed by atoms with Crippen LogP contribution in [0.5, 0.6) is 5.75 Å². The topological polar surface area (TPSA) is 71.6 Å². The van der Waals surface area contributed by atoms with E-state index in [0.717, 1.165) is 30.1 Å². The van der Waals surface area contributed by atoms with Crippen molar-refractivity contribution in [2.45, 2.75) is 48.5 Å². The lowest BCUT2D eigenvalue weighted by Gasteiger charge is -2.53. The van der Waals surface area contributed by atoms with Gasteiger partial charge in [-0.15, -0.1) is 0 Å². The summed E-state index contributed by atoms with van der Waals surface area (Å²) in [6, 6.07) is 5.67. The highest BCUT2D eigenvalue weighted by Gasteiger charge is 2.75. The van der Waals surface area contributed by atoms with Crippen molar-refractivity contribution < 1.29 is 23.8 Å². The molecule has 1 aliphatic carbocycles. The summed E-state index contributed by atoms with van der Waals surface area (Å²) in [7, 11) is 3.77. The largest absolute Gasteiger partial charge is 0.497 e. The molecule has 0 N–H and O–H groups in total. The molecule has 1 saturated carbocycles. The second-order valence-electron chi connectivity index (χ2n) is 10.00. The van der Waals surface area contributed by atoms with Crippen LogP contribution in [0.4, 0.5) is 5.69 Å². The van der Waals surface area contributed by atoms with Crippen molar-refractivity contribution >= 4 is 17.4 Å². The molecule has 7 rings (SSSR count). The smallest absolute Gasteiger partial charge is 0.229 e. The quantitative estimate of drug-likeness (QED) is 0.647. The number of piperidine rings is 1. The minimum absolute atomic E-state index is 0.0291. The molecule has 0 radical (unpaired) electrons. The number of hydrogen-bond donors (Lipinski definition) is 0. The second-order valence-corrected chi connectivity index (χ2v) is 10.00. The Balaban J connectivity index is 1.52. The number of Topliss-reactive ketones (excluding diaryl/α,β-unsaturated/α-hetero) is 1. The maximum absolute atomic E-state index is 14.0. The number of amides is 1. The van der Waals surface area contributed by atoms with Gasteiger partial charge in [0.25, 0.3) is 0 Å². The molecule has 1 spiro atoms. The van der Waals surface area contributed by atoms with Crippen molar-refractivity contribution in [1.29, 1.82) is 0 Å². The first-order chi connectivity index (χ1) is 14.5. The fourth-order valence-electron chi connectivity index (χ4n) is 7.61. The summed E-state index contributed by atoms with van der Waals surface area (Å²) in [5, 5.41) is 0. The van der Waals surface area contributed by atoms with E-state index in [1.165, 1.54) is 0 Å². The second kappa shape index (κ2) is 5.44. The van der Waals surface area contributed by atoms with Crippen LogP contribution in [0.3, 0.4) is 0 Å². The molecule has 5 fully saturated rings. The number of carbonyl (C=O) groups excluding carboxylic acids is 2. The Kier molecular flexibility index (Phi) is 3.21. The number of epoxide rings is 1. The third-order valence-corrected chi connectivity index (χ3v) is 8.88. The molecule has 4 saturated heterocycles. The van der Waals surface area contributed by atoms with Crippen LogP contribution in [-0.2, 0) is 24.5 Å². The number of likely N-dealkylation sites (N-methyl/N-ethyl adjacent to an activating group) is 1. The van der Waals surface area contributed by atoms with E-state index in [-0.39, 0.29) is 47.4 Å². The molecule has 5 heterocycles. The van der Waals surface area contributed by atoms with Crippen molar-refractivity contribution in [3.63, 3.8) is 0 Å². The monoisotopic (exact) mass is 410 g/mol. The lowest BCUT2D eigenvalue weighted by atomic mass is 9.54. The van der Waals surface area contributed by atoms with Gasteiger partial charge in [-0.1, -0.05) is 0 Å². The van der Waals surface area contributed by atoms with Crippen LogP contribution < -0.4 is 9.64 Å². The highest BCUT2D eigenvalue weighted by Crippen LogP contribution is 2.65. The van der Waals surface area contributed by atoms with Crippen molar-refractivity contribution in [2.75, 3.05) is 38.8 Å². The fourth-order valence-corrected chi connectivity index (χ4v) is 7.61. The van der Waals surface area contributed by atoms with Crippen molar-refractivity contribution in [3.05, 3.63) is 23.8 Å². The SMILES string of the molecule is COc1ccc2c(c1)C13CCN(C)CC45OC4COC4CC(=O)N2C1C4C5CC3=O. The number of anilines is 1. The van der Waals surface area contributed by atoms with Gasteiger partial charge in [-0.3, -0.25) is 9.59 Å². The van der Waals surface area contributed by atoms with Crippen LogP contribution in [0.2, 0.25) is 0 Å². The van der Waals surface area contributed by atoms with Crippen LogP contribution in [0.1, 0.15) is 24.8 Å². The average molecular weight is 410 g/mol. The molecular weight excluding hydrogens is 384 g/mol. The normalized spacial score (nSPS) is 45.8. The Hall–Kier alpha value is -1.96. The molecule has 7 atom stereocenters. The number of rotatable bonds is 1. The molecule has 1 aromatic rings. The zero-order valence-corrected chi connectivity index (χ0v) is 17.3. The summed E-state index contributed by atoms with van der Waals surface area (Å²) in [5.41, 5.74) is 0.829. The predicted octanol–water partition coefficient (Wildman–Crippen LogP) is 1.13. The molecule has 0 aromatic heterocycles. The summed E-state index contributed by atoms with van der Waals surface area (Å²) < 4.78 is 18.1. The van der Waals surface area contributed by atoms with E-state index in [1.54, 1.807) is 7.11 Å². The molecule has 7 unspecified atom stereocenters. The third-order valence-electron chi connectivity index (χ3n) is 8.88. The maximum Gasteiger partial charge on any atom is 0.229 e. The summed E-state index contributed by atoms with van der Waals surface area (Å²) in [4.78, 5) is 31.7. The lowest BCUT2D eigenvalue weighted by Crippen LogP contribution is -2.67. The van der Waals surface area contributed by atoms with Gasteiger partial charge >= 0.3 is 0 Å². The Bertz CT molecular complexity index is 996. The average Bonchev–Trinajstić information content (AvgIpc) is 3.34. The number of ether oxygens (including phenoxy) is 3. The number of methoxy groups -OCH3 is 1. The van der Waals surface area contributed by atoms with E-state index in [4.69, 9.17) is 14.2 Å². The Morgan fingerprint density at radius 3 is 2.93 bits per heavy atom. The molecule has 7 heteroatoms. The fraction of sp³-hybridized carbons (Fsp3) is 0.652. The first-order valence-electron chi connectivity index (χ1n) is 11.0. The molecule has 30 heavy (non-hydrogen) atoms. The zero-order chi connectivity index (χ0) is 20.4. The molecular formula is C23H26N2O5. The molecule has 5 aliphatic heterocycles. The number of benzene rings is 1. The maximum atomic E-state index is 14.0. The van der Waals surface area contributed by atoms with Crippen LogP contribution in [0, 0.1) is 11.8 Å². The summed E-state index contributed by atoms with van der Waals surface area (Å²) in [6.45, 7) is 2.14. The number of fused-ring (bicyclic) bond motifs is 2. The van der Waals surface area contributed by atoms with Gasteiger partial charge in [0, 0.05) is 30.5 Å². The van der Waals surface area contributed by atoms with Gasteiger partial charge in [0.2, 0.25) is 5.91 Å². The van der Waals surface area contributed by atoms with Gasteiger partial charge in [-0.25, -0.2) is 0 Å². The third kappa shape index (κ3) is 1.85. The van der Waals surface area contributed by atoms with Gasteiger partial charge in [0.1, 0.15) is 23.2 Å². The summed E-state index contributed by atoms with van der Waals surface area (Å²) >= 11 is 0. The lowest BCUT2D eigenvalue weighted by molar-refractivity contribution is -0.144. The summed E-state index contributed by atoms with van der Waals surface area (Å²) in [6.07, 6.45) is 1.48. The Morgan fingerprint density at radius 2 is 2.10 bits per heavy atom. The molecule has 1 aromatic carbocycles. The molecule has 7 nitrogen and oxygen atoms in total. The minimum atomic E-state index is -0.697. The minimum Gasteiger partial charge on any atom is -0.497 e. The van der Waals surface area contributed by atoms with Crippen LogP contribution in [0.15, 0.2) is 18.2 Å². The Morgan fingerprint density at radius 1 is 1.23 bits per heavy atom. The zero-order valence-electron chi connectivity index (χ0n) is 17.3. The molecule has 4 bridgehead atoms. The number of hydrogen-bond acceptors (Lipinski definition) is 6. The standard InChI is InChI=1S/C23H26N2O5/c1-24-6-5-22-13-7-12(28-2)3-4-15(13)25-19(27)9-16-20(21(22)25)14(8-17(22)26)23(11-24)18(30-23)10-29-16/h3-4,7,14,16,18,20-21H,5-6,8-11H2,1-2H3. The number of ketones is 1. The van der Waals surface area contributed by atoms with E-state index in [9.17, 15) is 9.59 Å². The van der Waals surface area contributed by atoms with Crippen molar-refractivity contribution in [1.82, 2.24) is 4.90 Å². The van der Waals surface area contributed by atoms with Gasteiger partial charge < -0.3 is 24.0 Å². The van der Waals surface area contributed by atoms with Gasteiger partial charge in [-0.2, -0.15) is 0 Å². The van der Waals surface area contributed by atoms with Crippen molar-refractivity contribution in [3.8, 4) is 5.75 Å². The molecule has 158 valence electrons. The van der Waals surface area contributed by atoms with E-state index >= 15 is 0 Å². The highest BCUT2D eigenvalue weighted by atomic mass is 16.6. The van der Waals surface area contributed by atoms with E-state index in [0.29, 0.717) is 25.9 Å². The van der Waals surface area contributed by atoms with Crippen molar-refractivity contribution in [2.24, 2.45) is 11.8 Å². The predicted molar refractivity (Wildman–Crippen MR) is 107 cm³/mol. The molecule has 1 amide bonds. The summed E-state index contributed by atoms with van der Waals surface area (Å²) in [5.74, 6) is 1.26.